The van der Waals surface area contributed by atoms with Crippen molar-refractivity contribution >= 4 is 33.3 Å². The van der Waals surface area contributed by atoms with E-state index in [1.807, 2.05) is 6.92 Å². The van der Waals surface area contributed by atoms with E-state index in [2.05, 4.69) is 15.9 Å². The lowest BCUT2D eigenvalue weighted by molar-refractivity contribution is 0.101. The van der Waals surface area contributed by atoms with Crippen LogP contribution >= 0.6 is 27.5 Å². The summed E-state index contributed by atoms with van der Waals surface area (Å²) in [7, 11) is 0. The Morgan fingerprint density at radius 2 is 2.12 bits per heavy atom. The maximum absolute atomic E-state index is 12.1. The summed E-state index contributed by atoms with van der Waals surface area (Å²) >= 11 is 9.32. The monoisotopic (exact) mass is 312 g/mol. The summed E-state index contributed by atoms with van der Waals surface area (Å²) in [6, 6.07) is 8.64. The van der Waals surface area contributed by atoms with Gasteiger partial charge in [0.15, 0.2) is 5.76 Å². The lowest BCUT2D eigenvalue weighted by Gasteiger charge is -2.01. The third kappa shape index (κ3) is 2.61. The first-order valence-electron chi connectivity index (χ1n) is 5.20. The van der Waals surface area contributed by atoms with E-state index in [1.165, 1.54) is 0 Å². The summed E-state index contributed by atoms with van der Waals surface area (Å²) in [6.45, 7) is 1.97. The van der Waals surface area contributed by atoms with Crippen LogP contribution in [0.3, 0.4) is 0 Å². The van der Waals surface area contributed by atoms with Crippen LogP contribution in [0.2, 0.25) is 5.02 Å². The maximum atomic E-state index is 12.1. The molecule has 0 saturated carbocycles. The molecule has 2 aromatic rings. The average molecular weight is 314 g/mol. The molecule has 0 atom stereocenters. The summed E-state index contributed by atoms with van der Waals surface area (Å²) in [5.41, 5.74) is 0.451. The van der Waals surface area contributed by atoms with Gasteiger partial charge in [-0.3, -0.25) is 4.79 Å². The number of rotatable bonds is 3. The molecular formula is C13H10BrClO2. The summed E-state index contributed by atoms with van der Waals surface area (Å²) in [5, 5.41) is 0.416. The van der Waals surface area contributed by atoms with Gasteiger partial charge in [-0.25, -0.2) is 0 Å². The summed E-state index contributed by atoms with van der Waals surface area (Å²) in [5.74, 6) is 0.926. The molecule has 0 aliphatic heterocycles. The molecule has 0 aliphatic rings. The summed E-state index contributed by atoms with van der Waals surface area (Å²) < 4.78 is 6.25. The van der Waals surface area contributed by atoms with E-state index >= 15 is 0 Å². The van der Waals surface area contributed by atoms with Crippen molar-refractivity contribution in [3.05, 3.63) is 56.9 Å². The first-order chi connectivity index (χ1) is 8.11. The topological polar surface area (TPSA) is 30.2 Å². The second-order valence-corrected chi connectivity index (χ2v) is 4.90. The number of hydrogen-bond acceptors (Lipinski definition) is 2. The van der Waals surface area contributed by atoms with Gasteiger partial charge in [-0.15, -0.1) is 0 Å². The number of aryl methyl sites for hydroxylation is 1. The number of carbonyl (C=O) groups is 1. The predicted octanol–water partition coefficient (Wildman–Crippen LogP) is 4.49. The molecule has 2 rings (SSSR count). The third-order valence-electron chi connectivity index (χ3n) is 2.41. The molecule has 0 spiro atoms. The summed E-state index contributed by atoms with van der Waals surface area (Å²) in [6.07, 6.45) is 0.765. The molecule has 0 radical (unpaired) electrons. The van der Waals surface area contributed by atoms with Gasteiger partial charge in [0, 0.05) is 16.5 Å². The minimum atomic E-state index is -0.192. The molecule has 0 amide bonds. The van der Waals surface area contributed by atoms with E-state index in [9.17, 15) is 4.79 Å². The second-order valence-electron chi connectivity index (χ2n) is 3.57. The van der Waals surface area contributed by atoms with Gasteiger partial charge >= 0.3 is 0 Å². The quantitative estimate of drug-likeness (QED) is 0.782. The van der Waals surface area contributed by atoms with E-state index in [4.69, 9.17) is 16.0 Å². The highest BCUT2D eigenvalue weighted by molar-refractivity contribution is 9.10. The lowest BCUT2D eigenvalue weighted by Crippen LogP contribution is -2.00. The highest BCUT2D eigenvalue weighted by Gasteiger charge is 2.16. The SMILES string of the molecule is CCc1ccc(C(=O)c2ccc(Br)cc2Cl)o1. The molecule has 88 valence electrons. The van der Waals surface area contributed by atoms with Crippen molar-refractivity contribution in [2.45, 2.75) is 13.3 Å². The highest BCUT2D eigenvalue weighted by atomic mass is 79.9. The van der Waals surface area contributed by atoms with Crippen LogP contribution in [0.1, 0.15) is 28.8 Å². The van der Waals surface area contributed by atoms with E-state index in [1.54, 1.807) is 30.3 Å². The van der Waals surface area contributed by atoms with Crippen LogP contribution in [-0.2, 0) is 6.42 Å². The van der Waals surface area contributed by atoms with Crippen molar-refractivity contribution < 1.29 is 9.21 Å². The zero-order chi connectivity index (χ0) is 12.4. The molecule has 0 fully saturated rings. The maximum Gasteiger partial charge on any atom is 0.229 e. The Morgan fingerprint density at radius 3 is 2.71 bits per heavy atom. The third-order valence-corrected chi connectivity index (χ3v) is 3.22. The molecule has 2 nitrogen and oxygen atoms in total. The molecule has 17 heavy (non-hydrogen) atoms. The smallest absolute Gasteiger partial charge is 0.229 e. The normalized spacial score (nSPS) is 10.5. The van der Waals surface area contributed by atoms with E-state index < -0.39 is 0 Å². The number of hydrogen-bond donors (Lipinski definition) is 0. The van der Waals surface area contributed by atoms with E-state index in [-0.39, 0.29) is 5.78 Å². The second kappa shape index (κ2) is 5.07. The van der Waals surface area contributed by atoms with Gasteiger partial charge in [0.1, 0.15) is 5.76 Å². The van der Waals surface area contributed by atoms with Gasteiger partial charge in [-0.2, -0.15) is 0 Å². The fraction of sp³-hybridized carbons (Fsp3) is 0.154. The summed E-state index contributed by atoms with van der Waals surface area (Å²) in [4.78, 5) is 12.1. The molecular weight excluding hydrogens is 303 g/mol. The van der Waals surface area contributed by atoms with E-state index in [0.29, 0.717) is 16.3 Å². The number of carbonyl (C=O) groups excluding carboxylic acids is 1. The van der Waals surface area contributed by atoms with Crippen LogP contribution in [0, 0.1) is 0 Å². The zero-order valence-corrected chi connectivity index (χ0v) is 11.5. The van der Waals surface area contributed by atoms with Gasteiger partial charge < -0.3 is 4.42 Å². The van der Waals surface area contributed by atoms with Crippen LogP contribution in [0.15, 0.2) is 39.2 Å². The van der Waals surface area contributed by atoms with Crippen LogP contribution in [0.4, 0.5) is 0 Å². The van der Waals surface area contributed by atoms with Crippen molar-refractivity contribution in [2.75, 3.05) is 0 Å². The van der Waals surface area contributed by atoms with Crippen LogP contribution in [0.5, 0.6) is 0 Å². The van der Waals surface area contributed by atoms with E-state index in [0.717, 1.165) is 16.7 Å². The Kier molecular flexibility index (Phi) is 3.69. The predicted molar refractivity (Wildman–Crippen MR) is 70.7 cm³/mol. The minimum Gasteiger partial charge on any atom is -0.458 e. The number of halogens is 2. The molecule has 1 aromatic heterocycles. The Hall–Kier alpha value is -1.06. The fourth-order valence-corrected chi connectivity index (χ4v) is 2.26. The molecule has 4 heteroatoms. The minimum absolute atomic E-state index is 0.192. The Bertz CT molecular complexity index is 560. The van der Waals surface area contributed by atoms with Crippen molar-refractivity contribution in [1.29, 1.82) is 0 Å². The van der Waals surface area contributed by atoms with Crippen LogP contribution in [0.25, 0.3) is 0 Å². The van der Waals surface area contributed by atoms with Gasteiger partial charge in [-0.05, 0) is 30.3 Å². The molecule has 0 aliphatic carbocycles. The molecule has 1 aromatic carbocycles. The molecule has 0 N–H and O–H groups in total. The van der Waals surface area contributed by atoms with Gasteiger partial charge in [0.2, 0.25) is 5.78 Å². The Morgan fingerprint density at radius 1 is 1.35 bits per heavy atom. The van der Waals surface area contributed by atoms with Crippen molar-refractivity contribution in [1.82, 2.24) is 0 Å². The molecule has 0 unspecified atom stereocenters. The van der Waals surface area contributed by atoms with Gasteiger partial charge in [0.25, 0.3) is 0 Å². The van der Waals surface area contributed by atoms with Crippen molar-refractivity contribution in [2.24, 2.45) is 0 Å². The number of ketones is 1. The largest absolute Gasteiger partial charge is 0.458 e. The lowest BCUT2D eigenvalue weighted by atomic mass is 10.1. The van der Waals surface area contributed by atoms with Crippen molar-refractivity contribution in [3.8, 4) is 0 Å². The standard InChI is InChI=1S/C13H10BrClO2/c1-2-9-4-6-12(17-9)13(16)10-5-3-8(14)7-11(10)15/h3-7H,2H2,1H3. The molecule has 1 heterocycles. The Labute approximate surface area is 113 Å². The van der Waals surface area contributed by atoms with Crippen LogP contribution < -0.4 is 0 Å². The molecule has 0 bridgehead atoms. The Balaban J connectivity index is 2.36. The van der Waals surface area contributed by atoms with Crippen molar-refractivity contribution in [3.63, 3.8) is 0 Å². The first-order valence-corrected chi connectivity index (χ1v) is 6.37. The number of furan rings is 1. The average Bonchev–Trinajstić information content (AvgIpc) is 2.76. The van der Waals surface area contributed by atoms with Crippen LogP contribution in [-0.4, -0.2) is 5.78 Å². The zero-order valence-electron chi connectivity index (χ0n) is 9.17. The first kappa shape index (κ1) is 12.4. The number of benzene rings is 1. The van der Waals surface area contributed by atoms with Gasteiger partial charge in [0.05, 0.1) is 5.02 Å². The van der Waals surface area contributed by atoms with Gasteiger partial charge in [-0.1, -0.05) is 34.5 Å². The molecule has 0 saturated heterocycles. The highest BCUT2D eigenvalue weighted by Crippen LogP contribution is 2.24. The fourth-order valence-electron chi connectivity index (χ4n) is 1.50.